The van der Waals surface area contributed by atoms with Crippen LogP contribution in [0, 0.1) is 0 Å². The first-order valence-corrected chi connectivity index (χ1v) is 20.2. The van der Waals surface area contributed by atoms with Crippen LogP contribution < -0.4 is 4.90 Å². The number of nitrogens with zero attached hydrogens (tertiary/aromatic N) is 1. The molecule has 0 radical (unpaired) electrons. The van der Waals surface area contributed by atoms with Gasteiger partial charge in [-0.2, -0.15) is 0 Å². The van der Waals surface area contributed by atoms with Crippen LogP contribution in [0.4, 0.5) is 17.1 Å². The zero-order valence-corrected chi connectivity index (χ0v) is 32.8. The first kappa shape index (κ1) is 35.2. The summed E-state index contributed by atoms with van der Waals surface area (Å²) in [4.78, 5) is 2.36. The predicted molar refractivity (Wildman–Crippen MR) is 246 cm³/mol. The fraction of sp³-hybridized carbons (Fsp3) is 0.0526. The van der Waals surface area contributed by atoms with E-state index in [1.807, 2.05) is 0 Å². The Hall–Kier alpha value is -7.22. The van der Waals surface area contributed by atoms with Gasteiger partial charge in [0.1, 0.15) is 0 Å². The molecule has 0 heterocycles. The van der Waals surface area contributed by atoms with Crippen molar-refractivity contribution in [1.29, 1.82) is 0 Å². The summed E-state index contributed by atoms with van der Waals surface area (Å²) in [6.07, 6.45) is 0. The summed E-state index contributed by atoms with van der Waals surface area (Å²) >= 11 is 0. The Labute approximate surface area is 342 Å². The summed E-state index contributed by atoms with van der Waals surface area (Å²) in [5.74, 6) is 0. The maximum atomic E-state index is 2.36. The minimum atomic E-state index is -0.0491. The predicted octanol–water partition coefficient (Wildman–Crippen LogP) is 15.8. The first-order valence-electron chi connectivity index (χ1n) is 20.2. The molecule has 9 aromatic carbocycles. The Morgan fingerprint density at radius 1 is 0.259 bits per heavy atom. The lowest BCUT2D eigenvalue weighted by atomic mass is 9.81. The lowest BCUT2D eigenvalue weighted by Crippen LogP contribution is -2.14. The second kappa shape index (κ2) is 14.7. The normalized spacial score (nSPS) is 12.4. The summed E-state index contributed by atoms with van der Waals surface area (Å²) < 4.78 is 0. The average molecular weight is 742 g/mol. The summed E-state index contributed by atoms with van der Waals surface area (Å²) in [6.45, 7) is 4.70. The molecule has 0 saturated carbocycles. The minimum Gasteiger partial charge on any atom is -0.311 e. The maximum absolute atomic E-state index is 2.36. The van der Waals surface area contributed by atoms with Crippen LogP contribution in [0.5, 0.6) is 0 Å². The standard InChI is InChI=1S/C57H43N/c1-57(2)54-22-12-11-20-53(54)56-52(21-13-23-55(56)57)51-19-10-9-18-50(51)46-32-38-49(39-33-46)58(47-34-28-44(29-35-47)41-16-7-4-8-17-41)48-36-30-45(31-37-48)43-26-24-42(25-27-43)40-14-5-3-6-15-40/h3-39H,1-2H3. The molecule has 1 nitrogen and oxygen atoms in total. The van der Waals surface area contributed by atoms with Gasteiger partial charge >= 0.3 is 0 Å². The third-order valence-corrected chi connectivity index (χ3v) is 11.9. The molecule has 0 amide bonds. The van der Waals surface area contributed by atoms with Crippen molar-refractivity contribution < 1.29 is 0 Å². The highest BCUT2D eigenvalue weighted by Crippen LogP contribution is 2.53. The molecule has 1 aliphatic carbocycles. The second-order valence-corrected chi connectivity index (χ2v) is 15.7. The van der Waals surface area contributed by atoms with Gasteiger partial charge in [0.05, 0.1) is 0 Å². The van der Waals surface area contributed by atoms with E-state index in [4.69, 9.17) is 0 Å². The fourth-order valence-corrected chi connectivity index (χ4v) is 8.91. The van der Waals surface area contributed by atoms with Gasteiger partial charge in [-0.25, -0.2) is 0 Å². The summed E-state index contributed by atoms with van der Waals surface area (Å²) in [5.41, 5.74) is 20.9. The Balaban J connectivity index is 1.02. The van der Waals surface area contributed by atoms with Crippen LogP contribution in [-0.4, -0.2) is 0 Å². The molecule has 0 bridgehead atoms. The van der Waals surface area contributed by atoms with E-state index in [-0.39, 0.29) is 5.41 Å². The van der Waals surface area contributed by atoms with Crippen LogP contribution in [0.3, 0.4) is 0 Å². The molecule has 0 aliphatic heterocycles. The molecule has 276 valence electrons. The molecule has 9 aromatic rings. The first-order chi connectivity index (χ1) is 28.5. The van der Waals surface area contributed by atoms with Crippen LogP contribution in [0.15, 0.2) is 224 Å². The number of benzene rings is 9. The number of hydrogen-bond acceptors (Lipinski definition) is 1. The molecule has 0 unspecified atom stereocenters. The highest BCUT2D eigenvalue weighted by atomic mass is 15.1. The van der Waals surface area contributed by atoms with E-state index in [9.17, 15) is 0 Å². The number of anilines is 3. The van der Waals surface area contributed by atoms with Crippen molar-refractivity contribution in [2.45, 2.75) is 19.3 Å². The van der Waals surface area contributed by atoms with Gasteiger partial charge in [-0.3, -0.25) is 0 Å². The molecule has 1 aliphatic rings. The monoisotopic (exact) mass is 741 g/mol. The summed E-state index contributed by atoms with van der Waals surface area (Å²) in [7, 11) is 0. The fourth-order valence-electron chi connectivity index (χ4n) is 8.91. The highest BCUT2D eigenvalue weighted by Gasteiger charge is 2.36. The zero-order valence-electron chi connectivity index (χ0n) is 32.8. The van der Waals surface area contributed by atoms with E-state index in [1.54, 1.807) is 0 Å². The third kappa shape index (κ3) is 6.32. The van der Waals surface area contributed by atoms with Gasteiger partial charge in [0, 0.05) is 22.5 Å². The number of fused-ring (bicyclic) bond motifs is 3. The van der Waals surface area contributed by atoms with E-state index in [1.165, 1.54) is 77.9 Å². The van der Waals surface area contributed by atoms with Gasteiger partial charge in [0.15, 0.2) is 0 Å². The molecule has 0 atom stereocenters. The molecular weight excluding hydrogens is 699 g/mol. The molecule has 1 heteroatoms. The van der Waals surface area contributed by atoms with Gasteiger partial charge < -0.3 is 4.90 Å². The number of rotatable bonds is 8. The zero-order chi connectivity index (χ0) is 39.1. The quantitative estimate of drug-likeness (QED) is 0.150. The van der Waals surface area contributed by atoms with Gasteiger partial charge in [0.25, 0.3) is 0 Å². The van der Waals surface area contributed by atoms with Crippen LogP contribution in [0.25, 0.3) is 66.8 Å². The lowest BCUT2D eigenvalue weighted by Gasteiger charge is -2.26. The van der Waals surface area contributed by atoms with Crippen molar-refractivity contribution in [2.75, 3.05) is 4.90 Å². The summed E-state index contributed by atoms with van der Waals surface area (Å²) in [5, 5.41) is 0. The Morgan fingerprint density at radius 3 is 1.10 bits per heavy atom. The molecule has 0 aromatic heterocycles. The van der Waals surface area contributed by atoms with Crippen molar-refractivity contribution in [3.63, 3.8) is 0 Å². The SMILES string of the molecule is CC1(C)c2ccccc2-c2c(-c3ccccc3-c3ccc(N(c4ccc(-c5ccccc5)cc4)c4ccc(-c5ccc(-c6ccccc6)cc5)cc4)cc3)cccc21. The Morgan fingerprint density at radius 2 is 0.603 bits per heavy atom. The summed E-state index contributed by atoms with van der Waals surface area (Å²) in [6, 6.07) is 81.6. The van der Waals surface area contributed by atoms with Crippen molar-refractivity contribution in [3.05, 3.63) is 236 Å². The Bertz CT molecular complexity index is 2850. The van der Waals surface area contributed by atoms with Crippen LogP contribution >= 0.6 is 0 Å². The van der Waals surface area contributed by atoms with Crippen LogP contribution in [-0.2, 0) is 5.41 Å². The molecule has 58 heavy (non-hydrogen) atoms. The van der Waals surface area contributed by atoms with Gasteiger partial charge in [-0.1, -0.05) is 202 Å². The van der Waals surface area contributed by atoms with E-state index in [0.29, 0.717) is 0 Å². The molecule has 0 N–H and O–H groups in total. The van der Waals surface area contributed by atoms with E-state index < -0.39 is 0 Å². The van der Waals surface area contributed by atoms with Crippen molar-refractivity contribution in [3.8, 4) is 66.8 Å². The van der Waals surface area contributed by atoms with E-state index in [2.05, 4.69) is 243 Å². The number of hydrogen-bond donors (Lipinski definition) is 0. The van der Waals surface area contributed by atoms with E-state index in [0.717, 1.165) is 17.1 Å². The largest absolute Gasteiger partial charge is 0.311 e. The van der Waals surface area contributed by atoms with Gasteiger partial charge in [0.2, 0.25) is 0 Å². The van der Waals surface area contributed by atoms with E-state index >= 15 is 0 Å². The maximum Gasteiger partial charge on any atom is 0.0462 e. The minimum absolute atomic E-state index is 0.0491. The van der Waals surface area contributed by atoms with Crippen molar-refractivity contribution in [1.82, 2.24) is 0 Å². The molecular formula is C57H43N. The topological polar surface area (TPSA) is 3.24 Å². The molecule has 0 saturated heterocycles. The van der Waals surface area contributed by atoms with Gasteiger partial charge in [-0.15, -0.1) is 0 Å². The Kier molecular flexibility index (Phi) is 8.92. The van der Waals surface area contributed by atoms with Crippen LogP contribution in [0.1, 0.15) is 25.0 Å². The third-order valence-electron chi connectivity index (χ3n) is 11.9. The smallest absolute Gasteiger partial charge is 0.0462 e. The van der Waals surface area contributed by atoms with Crippen molar-refractivity contribution >= 4 is 17.1 Å². The lowest BCUT2D eigenvalue weighted by molar-refractivity contribution is 0.660. The van der Waals surface area contributed by atoms with Gasteiger partial charge in [-0.05, 0) is 114 Å². The average Bonchev–Trinajstić information content (AvgIpc) is 3.54. The molecule has 0 fully saturated rings. The molecule has 0 spiro atoms. The second-order valence-electron chi connectivity index (χ2n) is 15.7. The highest BCUT2D eigenvalue weighted by molar-refractivity contribution is 5.97. The molecule has 10 rings (SSSR count). The van der Waals surface area contributed by atoms with Crippen molar-refractivity contribution in [2.24, 2.45) is 0 Å². The van der Waals surface area contributed by atoms with Crippen LogP contribution in [0.2, 0.25) is 0 Å².